The maximum absolute atomic E-state index is 12.0. The Morgan fingerprint density at radius 3 is 2.57 bits per heavy atom. The Hall–Kier alpha value is -4.17. The molecular formula is C27H23N3O4S. The van der Waals surface area contributed by atoms with Gasteiger partial charge in [0, 0.05) is 17.4 Å². The lowest BCUT2D eigenvalue weighted by Crippen LogP contribution is -2.29. The van der Waals surface area contributed by atoms with E-state index in [1.54, 1.807) is 31.5 Å². The molecule has 0 amide bonds. The lowest BCUT2D eigenvalue weighted by Gasteiger charge is -2.26. The fourth-order valence-corrected chi connectivity index (χ4v) is 4.59. The van der Waals surface area contributed by atoms with Crippen molar-refractivity contribution in [2.75, 3.05) is 19.1 Å². The van der Waals surface area contributed by atoms with E-state index in [4.69, 9.17) is 26.1 Å². The molecule has 0 saturated carbocycles. The van der Waals surface area contributed by atoms with Gasteiger partial charge in [0.15, 0.2) is 5.11 Å². The van der Waals surface area contributed by atoms with Crippen LogP contribution in [-0.4, -0.2) is 30.3 Å². The number of ether oxygens (including phenoxy) is 2. The molecule has 1 aliphatic rings. The highest BCUT2D eigenvalue weighted by Gasteiger charge is 2.42. The van der Waals surface area contributed by atoms with Gasteiger partial charge in [-0.3, -0.25) is 4.98 Å². The van der Waals surface area contributed by atoms with Crippen LogP contribution in [0.15, 0.2) is 89.5 Å². The molecule has 7 nitrogen and oxygen atoms in total. The van der Waals surface area contributed by atoms with Crippen LogP contribution in [0, 0.1) is 0 Å². The van der Waals surface area contributed by atoms with Crippen LogP contribution in [0.1, 0.15) is 33.9 Å². The molecule has 1 N–H and O–H groups in total. The van der Waals surface area contributed by atoms with Gasteiger partial charge in [0.05, 0.1) is 31.5 Å². The minimum absolute atomic E-state index is 0.230. The Morgan fingerprint density at radius 2 is 1.86 bits per heavy atom. The number of aromatic nitrogens is 1. The van der Waals surface area contributed by atoms with E-state index in [0.29, 0.717) is 22.2 Å². The Morgan fingerprint density at radius 1 is 1.03 bits per heavy atom. The summed E-state index contributed by atoms with van der Waals surface area (Å²) in [6.45, 7) is 0. The topological polar surface area (TPSA) is 76.8 Å². The first-order chi connectivity index (χ1) is 17.1. The zero-order chi connectivity index (χ0) is 24.4. The molecule has 0 radical (unpaired) electrons. The van der Waals surface area contributed by atoms with Gasteiger partial charge in [-0.15, -0.1) is 0 Å². The maximum Gasteiger partial charge on any atom is 0.337 e. The van der Waals surface area contributed by atoms with E-state index < -0.39 is 5.97 Å². The summed E-state index contributed by atoms with van der Waals surface area (Å²) in [5, 5.41) is 3.99. The summed E-state index contributed by atoms with van der Waals surface area (Å²) in [7, 11) is 3.00. The van der Waals surface area contributed by atoms with Crippen molar-refractivity contribution in [3.8, 4) is 17.1 Å². The van der Waals surface area contributed by atoms with Crippen LogP contribution >= 0.6 is 12.2 Å². The molecule has 3 heterocycles. The zero-order valence-corrected chi connectivity index (χ0v) is 20.0. The molecule has 2 aromatic heterocycles. The number of nitrogens with one attached hydrogen (secondary N) is 1. The third-order valence-corrected chi connectivity index (χ3v) is 6.25. The number of carbonyl (C=O) groups excluding carboxylic acids is 1. The van der Waals surface area contributed by atoms with Crippen LogP contribution in [0.4, 0.5) is 5.69 Å². The molecule has 1 fully saturated rings. The predicted molar refractivity (Wildman–Crippen MR) is 136 cm³/mol. The Labute approximate surface area is 208 Å². The van der Waals surface area contributed by atoms with Gasteiger partial charge < -0.3 is 24.1 Å². The van der Waals surface area contributed by atoms with Crippen LogP contribution in [-0.2, 0) is 4.74 Å². The number of esters is 1. The van der Waals surface area contributed by atoms with Gasteiger partial charge >= 0.3 is 5.97 Å². The molecule has 5 rings (SSSR count). The summed E-state index contributed by atoms with van der Waals surface area (Å²) >= 11 is 5.76. The summed E-state index contributed by atoms with van der Waals surface area (Å²) in [5.74, 6) is 1.71. The van der Waals surface area contributed by atoms with Gasteiger partial charge in [0.1, 0.15) is 23.3 Å². The fraction of sp³-hybridized carbons (Fsp3) is 0.148. The number of hydrogen-bond acceptors (Lipinski definition) is 6. The van der Waals surface area contributed by atoms with E-state index >= 15 is 0 Å². The normalized spacial score (nSPS) is 17.2. The van der Waals surface area contributed by atoms with Crippen molar-refractivity contribution in [3.63, 3.8) is 0 Å². The third kappa shape index (κ3) is 4.36. The molecule has 0 spiro atoms. The second-order valence-corrected chi connectivity index (χ2v) is 8.36. The second kappa shape index (κ2) is 9.60. The summed E-state index contributed by atoms with van der Waals surface area (Å²) < 4.78 is 16.5. The lowest BCUT2D eigenvalue weighted by atomic mass is 10.0. The van der Waals surface area contributed by atoms with Crippen molar-refractivity contribution in [2.24, 2.45) is 0 Å². The number of nitrogens with zero attached hydrogens (tertiary/aromatic N) is 2. The van der Waals surface area contributed by atoms with E-state index in [0.717, 1.165) is 22.7 Å². The standard InChI is InChI=1S/C27H23N3O4S/c1-32-20-11-9-19(10-12-20)30-25(24(29-27(30)35)21-8-3-4-15-28-21)23-14-13-22(34-23)17-6-5-7-18(16-17)26(31)33-2/h3-16,24-25H,1-2H3,(H,29,35)/t24-,25-/m0/s1. The van der Waals surface area contributed by atoms with Gasteiger partial charge in [-0.25, -0.2) is 4.79 Å². The van der Waals surface area contributed by atoms with Crippen LogP contribution in [0.5, 0.6) is 5.75 Å². The summed E-state index contributed by atoms with van der Waals surface area (Å²) in [6.07, 6.45) is 1.76. The number of carbonyl (C=O) groups is 1. The van der Waals surface area contributed by atoms with Gasteiger partial charge in [0.2, 0.25) is 0 Å². The van der Waals surface area contributed by atoms with Gasteiger partial charge in [-0.05, 0) is 72.9 Å². The molecule has 8 heteroatoms. The number of thiocarbonyl (C=S) groups is 1. The number of benzene rings is 2. The zero-order valence-electron chi connectivity index (χ0n) is 19.2. The highest BCUT2D eigenvalue weighted by molar-refractivity contribution is 7.80. The van der Waals surface area contributed by atoms with Crippen molar-refractivity contribution in [1.82, 2.24) is 10.3 Å². The summed E-state index contributed by atoms with van der Waals surface area (Å²) in [4.78, 5) is 18.6. The number of pyridine rings is 1. The molecule has 1 aliphatic heterocycles. The monoisotopic (exact) mass is 485 g/mol. The minimum atomic E-state index is -0.398. The number of rotatable bonds is 6. The summed E-state index contributed by atoms with van der Waals surface area (Å²) in [6, 6.07) is 24.0. The van der Waals surface area contributed by atoms with Gasteiger partial charge in [0.25, 0.3) is 0 Å². The smallest absolute Gasteiger partial charge is 0.337 e. The largest absolute Gasteiger partial charge is 0.497 e. The Balaban J connectivity index is 1.56. The predicted octanol–water partition coefficient (Wildman–Crippen LogP) is 5.31. The molecule has 2 aromatic carbocycles. The van der Waals surface area contributed by atoms with E-state index in [1.165, 1.54) is 7.11 Å². The molecule has 4 aromatic rings. The second-order valence-electron chi connectivity index (χ2n) is 7.97. The van der Waals surface area contributed by atoms with Crippen LogP contribution in [0.2, 0.25) is 0 Å². The third-order valence-electron chi connectivity index (χ3n) is 5.94. The van der Waals surface area contributed by atoms with Crippen molar-refractivity contribution < 1.29 is 18.7 Å². The molecule has 0 aliphatic carbocycles. The molecule has 35 heavy (non-hydrogen) atoms. The number of hydrogen-bond donors (Lipinski definition) is 1. The molecular weight excluding hydrogens is 462 g/mol. The number of anilines is 1. The van der Waals surface area contributed by atoms with E-state index in [2.05, 4.69) is 10.3 Å². The van der Waals surface area contributed by atoms with E-state index in [9.17, 15) is 4.79 Å². The first-order valence-corrected chi connectivity index (χ1v) is 11.4. The maximum atomic E-state index is 12.0. The molecule has 0 bridgehead atoms. The van der Waals surface area contributed by atoms with Crippen molar-refractivity contribution in [1.29, 1.82) is 0 Å². The lowest BCUT2D eigenvalue weighted by molar-refractivity contribution is 0.0601. The highest BCUT2D eigenvalue weighted by Crippen LogP contribution is 2.43. The van der Waals surface area contributed by atoms with Crippen molar-refractivity contribution in [3.05, 3.63) is 102 Å². The first-order valence-electron chi connectivity index (χ1n) is 11.0. The molecule has 2 atom stereocenters. The van der Waals surface area contributed by atoms with Crippen LogP contribution in [0.3, 0.4) is 0 Å². The van der Waals surface area contributed by atoms with E-state index in [1.807, 2.05) is 65.6 Å². The van der Waals surface area contributed by atoms with Crippen LogP contribution in [0.25, 0.3) is 11.3 Å². The van der Waals surface area contributed by atoms with E-state index in [-0.39, 0.29) is 12.1 Å². The van der Waals surface area contributed by atoms with Crippen LogP contribution < -0.4 is 15.0 Å². The SMILES string of the molecule is COC(=O)c1cccc(-c2ccc([C@H]3[C@H](c4ccccn4)NC(=S)N3c3ccc(OC)cc3)o2)c1. The number of methoxy groups -OCH3 is 2. The summed E-state index contributed by atoms with van der Waals surface area (Å²) in [5.41, 5.74) is 2.98. The van der Waals surface area contributed by atoms with Gasteiger partial charge in [-0.2, -0.15) is 0 Å². The Bertz CT molecular complexity index is 1350. The molecule has 1 saturated heterocycles. The highest BCUT2D eigenvalue weighted by atomic mass is 32.1. The van der Waals surface area contributed by atoms with Crippen molar-refractivity contribution in [2.45, 2.75) is 12.1 Å². The fourth-order valence-electron chi connectivity index (χ4n) is 4.25. The average Bonchev–Trinajstić information content (AvgIpc) is 3.53. The molecule has 176 valence electrons. The van der Waals surface area contributed by atoms with Crippen molar-refractivity contribution >= 4 is 29.0 Å². The van der Waals surface area contributed by atoms with Gasteiger partial charge in [-0.1, -0.05) is 18.2 Å². The number of furan rings is 1. The average molecular weight is 486 g/mol. The molecule has 0 unspecified atom stereocenters. The minimum Gasteiger partial charge on any atom is -0.497 e. The first kappa shape index (κ1) is 22.6. The quantitative estimate of drug-likeness (QED) is 0.291. The Kier molecular flexibility index (Phi) is 6.20.